The van der Waals surface area contributed by atoms with Crippen LogP contribution in [-0.2, 0) is 11.3 Å². The summed E-state index contributed by atoms with van der Waals surface area (Å²) < 4.78 is 0. The molecule has 1 amide bonds. The summed E-state index contributed by atoms with van der Waals surface area (Å²) in [5.41, 5.74) is 2.35. The van der Waals surface area contributed by atoms with E-state index in [2.05, 4.69) is 16.4 Å². The second-order valence-corrected chi connectivity index (χ2v) is 6.03. The molecule has 1 aromatic carbocycles. The summed E-state index contributed by atoms with van der Waals surface area (Å²) in [5, 5.41) is 12.8. The van der Waals surface area contributed by atoms with Crippen molar-refractivity contribution in [1.29, 1.82) is 5.26 Å². The van der Waals surface area contributed by atoms with Gasteiger partial charge in [-0.1, -0.05) is 42.1 Å². The van der Waals surface area contributed by atoms with E-state index in [9.17, 15) is 10.1 Å². The van der Waals surface area contributed by atoms with Crippen LogP contribution in [0.15, 0.2) is 47.6 Å². The maximum Gasteiger partial charge on any atom is 0.230 e. The normalized spacial score (nSPS) is 9.96. The number of carbonyl (C=O) groups excluding carboxylic acids is 1. The Hall–Kier alpha value is -2.52. The number of aromatic nitrogens is 1. The molecule has 0 bridgehead atoms. The van der Waals surface area contributed by atoms with Gasteiger partial charge in [-0.05, 0) is 11.6 Å². The standard InChI is InChI=1S/C17H18N4OS/c1-21(2)15-8-9-19-17(14(15)10-18)23-12-16(22)20-11-13-6-4-3-5-7-13/h3-9H,11-12H2,1-2H3,(H,20,22). The lowest BCUT2D eigenvalue weighted by molar-refractivity contribution is -0.118. The molecule has 2 rings (SSSR count). The van der Waals surface area contributed by atoms with Crippen molar-refractivity contribution in [2.24, 2.45) is 0 Å². The SMILES string of the molecule is CN(C)c1ccnc(SCC(=O)NCc2ccccc2)c1C#N. The molecule has 0 unspecified atom stereocenters. The van der Waals surface area contributed by atoms with Crippen LogP contribution in [0.3, 0.4) is 0 Å². The van der Waals surface area contributed by atoms with Crippen molar-refractivity contribution in [1.82, 2.24) is 10.3 Å². The maximum absolute atomic E-state index is 12.0. The van der Waals surface area contributed by atoms with Gasteiger partial charge >= 0.3 is 0 Å². The number of nitriles is 1. The monoisotopic (exact) mass is 326 g/mol. The summed E-state index contributed by atoms with van der Waals surface area (Å²) in [6, 6.07) is 13.7. The molecule has 0 fully saturated rings. The lowest BCUT2D eigenvalue weighted by Gasteiger charge is -2.15. The third-order valence-electron chi connectivity index (χ3n) is 3.16. The molecule has 2 aromatic rings. The van der Waals surface area contributed by atoms with Gasteiger partial charge in [-0.15, -0.1) is 0 Å². The molecule has 0 atom stereocenters. The average molecular weight is 326 g/mol. The zero-order valence-electron chi connectivity index (χ0n) is 13.1. The molecule has 5 nitrogen and oxygen atoms in total. The highest BCUT2D eigenvalue weighted by atomic mass is 32.2. The quantitative estimate of drug-likeness (QED) is 0.826. The number of amides is 1. The Bertz CT molecular complexity index is 710. The van der Waals surface area contributed by atoms with Crippen LogP contribution in [0.25, 0.3) is 0 Å². The van der Waals surface area contributed by atoms with Crippen molar-refractivity contribution in [2.45, 2.75) is 11.6 Å². The van der Waals surface area contributed by atoms with Crippen LogP contribution in [0.1, 0.15) is 11.1 Å². The van der Waals surface area contributed by atoms with Gasteiger partial charge in [0.1, 0.15) is 16.7 Å². The molecular weight excluding hydrogens is 308 g/mol. The van der Waals surface area contributed by atoms with Crippen LogP contribution in [0.5, 0.6) is 0 Å². The number of benzene rings is 1. The van der Waals surface area contributed by atoms with Gasteiger partial charge in [0.15, 0.2) is 0 Å². The van der Waals surface area contributed by atoms with E-state index >= 15 is 0 Å². The first kappa shape index (κ1) is 16.8. The Morgan fingerprint density at radius 1 is 1.30 bits per heavy atom. The van der Waals surface area contributed by atoms with E-state index in [1.807, 2.05) is 49.3 Å². The van der Waals surface area contributed by atoms with Crippen molar-refractivity contribution in [3.05, 3.63) is 53.7 Å². The summed E-state index contributed by atoms with van der Waals surface area (Å²) in [4.78, 5) is 18.0. The molecule has 0 aliphatic carbocycles. The van der Waals surface area contributed by atoms with Crippen LogP contribution in [0.2, 0.25) is 0 Å². The fraction of sp³-hybridized carbons (Fsp3) is 0.235. The summed E-state index contributed by atoms with van der Waals surface area (Å²) >= 11 is 1.27. The molecule has 1 heterocycles. The molecular formula is C17H18N4OS. The van der Waals surface area contributed by atoms with Crippen molar-refractivity contribution < 1.29 is 4.79 Å². The lowest BCUT2D eigenvalue weighted by atomic mass is 10.2. The topological polar surface area (TPSA) is 69.0 Å². The molecule has 0 spiro atoms. The predicted octanol–water partition coefficient (Wildman–Crippen LogP) is 2.43. The number of nitrogens with zero attached hydrogens (tertiary/aromatic N) is 3. The van der Waals surface area contributed by atoms with E-state index in [1.54, 1.807) is 12.3 Å². The third-order valence-corrected chi connectivity index (χ3v) is 4.15. The molecule has 1 aromatic heterocycles. The van der Waals surface area contributed by atoms with Crippen LogP contribution < -0.4 is 10.2 Å². The van der Waals surface area contributed by atoms with Gasteiger partial charge in [0.25, 0.3) is 0 Å². The van der Waals surface area contributed by atoms with E-state index in [0.29, 0.717) is 17.1 Å². The minimum atomic E-state index is -0.0835. The Kier molecular flexibility index (Phi) is 6.01. The van der Waals surface area contributed by atoms with E-state index in [4.69, 9.17) is 0 Å². The van der Waals surface area contributed by atoms with Gasteiger partial charge < -0.3 is 10.2 Å². The number of thioether (sulfide) groups is 1. The molecule has 0 aliphatic heterocycles. The molecule has 0 saturated carbocycles. The summed E-state index contributed by atoms with van der Waals surface area (Å²) in [6.45, 7) is 0.497. The highest BCUT2D eigenvalue weighted by molar-refractivity contribution is 8.00. The number of hydrogen-bond donors (Lipinski definition) is 1. The highest BCUT2D eigenvalue weighted by Gasteiger charge is 2.13. The average Bonchev–Trinajstić information content (AvgIpc) is 2.58. The first-order valence-electron chi connectivity index (χ1n) is 7.11. The fourth-order valence-electron chi connectivity index (χ4n) is 2.00. The predicted molar refractivity (Wildman–Crippen MR) is 92.3 cm³/mol. The van der Waals surface area contributed by atoms with Crippen LogP contribution >= 0.6 is 11.8 Å². The van der Waals surface area contributed by atoms with Crippen molar-refractivity contribution in [2.75, 3.05) is 24.7 Å². The summed E-state index contributed by atoms with van der Waals surface area (Å²) in [5.74, 6) is 0.144. The first-order chi connectivity index (χ1) is 11.1. The second kappa shape index (κ2) is 8.20. The van der Waals surface area contributed by atoms with Crippen molar-refractivity contribution >= 4 is 23.4 Å². The maximum atomic E-state index is 12.0. The number of nitrogens with one attached hydrogen (secondary N) is 1. The van der Waals surface area contributed by atoms with Crippen LogP contribution in [0.4, 0.5) is 5.69 Å². The van der Waals surface area contributed by atoms with Crippen LogP contribution in [-0.4, -0.2) is 30.7 Å². The van der Waals surface area contributed by atoms with Gasteiger partial charge in [0, 0.05) is 26.8 Å². The molecule has 1 N–H and O–H groups in total. The minimum Gasteiger partial charge on any atom is -0.376 e. The van der Waals surface area contributed by atoms with Crippen molar-refractivity contribution in [3.8, 4) is 6.07 Å². The van der Waals surface area contributed by atoms with E-state index in [0.717, 1.165) is 11.3 Å². The van der Waals surface area contributed by atoms with Gasteiger partial charge in [-0.2, -0.15) is 5.26 Å². The zero-order valence-corrected chi connectivity index (χ0v) is 13.9. The molecule has 23 heavy (non-hydrogen) atoms. The zero-order chi connectivity index (χ0) is 16.7. The number of rotatable bonds is 6. The van der Waals surface area contributed by atoms with Crippen LogP contribution in [0, 0.1) is 11.3 Å². The first-order valence-corrected chi connectivity index (χ1v) is 8.10. The number of hydrogen-bond acceptors (Lipinski definition) is 5. The molecule has 0 radical (unpaired) electrons. The summed E-state index contributed by atoms with van der Waals surface area (Å²) in [7, 11) is 3.74. The van der Waals surface area contributed by atoms with Gasteiger partial charge in [-0.25, -0.2) is 4.98 Å². The summed E-state index contributed by atoms with van der Waals surface area (Å²) in [6.07, 6.45) is 1.65. The smallest absolute Gasteiger partial charge is 0.230 e. The third kappa shape index (κ3) is 4.73. The fourth-order valence-corrected chi connectivity index (χ4v) is 2.80. The highest BCUT2D eigenvalue weighted by Crippen LogP contribution is 2.27. The molecule has 0 saturated heterocycles. The van der Waals surface area contributed by atoms with E-state index in [1.165, 1.54) is 11.8 Å². The van der Waals surface area contributed by atoms with Gasteiger partial charge in [-0.3, -0.25) is 4.79 Å². The van der Waals surface area contributed by atoms with E-state index in [-0.39, 0.29) is 11.7 Å². The van der Waals surface area contributed by atoms with E-state index < -0.39 is 0 Å². The molecule has 118 valence electrons. The Morgan fingerprint density at radius 2 is 2.04 bits per heavy atom. The number of carbonyl (C=O) groups is 1. The largest absolute Gasteiger partial charge is 0.376 e. The Balaban J connectivity index is 1.94. The number of anilines is 1. The van der Waals surface area contributed by atoms with Gasteiger partial charge in [0.05, 0.1) is 11.4 Å². The Morgan fingerprint density at radius 3 is 2.70 bits per heavy atom. The van der Waals surface area contributed by atoms with Gasteiger partial charge in [0.2, 0.25) is 5.91 Å². The second-order valence-electron chi connectivity index (χ2n) is 5.07. The van der Waals surface area contributed by atoms with Crippen molar-refractivity contribution in [3.63, 3.8) is 0 Å². The minimum absolute atomic E-state index is 0.0835. The molecule has 6 heteroatoms. The Labute approximate surface area is 140 Å². The number of pyridine rings is 1. The lowest BCUT2D eigenvalue weighted by Crippen LogP contribution is -2.24. The molecule has 0 aliphatic rings.